The van der Waals surface area contributed by atoms with Gasteiger partial charge in [-0.3, -0.25) is 4.79 Å². The van der Waals surface area contributed by atoms with Gasteiger partial charge in [0.15, 0.2) is 16.8 Å². The number of hydrogen-bond acceptors (Lipinski definition) is 5. The third-order valence-corrected chi connectivity index (χ3v) is 5.84. The lowest BCUT2D eigenvalue weighted by Crippen LogP contribution is -2.16. The van der Waals surface area contributed by atoms with Crippen molar-refractivity contribution in [1.82, 2.24) is 14.8 Å². The lowest BCUT2D eigenvalue weighted by Gasteiger charge is -2.09. The molecule has 0 saturated heterocycles. The largest absolute Gasteiger partial charge is 0.322 e. The molecule has 0 unspecified atom stereocenters. The van der Waals surface area contributed by atoms with E-state index >= 15 is 0 Å². The number of rotatable bonds is 6. The van der Waals surface area contributed by atoms with Crippen LogP contribution in [0.25, 0.3) is 10.7 Å². The fourth-order valence-electron chi connectivity index (χ4n) is 2.24. The molecule has 0 atom stereocenters. The zero-order chi connectivity index (χ0) is 18.7. The molecular formula is C16H13BrF2N4OS2. The van der Waals surface area contributed by atoms with Gasteiger partial charge in [-0.05, 0) is 40.4 Å². The number of aromatic nitrogens is 3. The van der Waals surface area contributed by atoms with Crippen molar-refractivity contribution in [2.45, 2.75) is 18.6 Å². The van der Waals surface area contributed by atoms with E-state index in [4.69, 9.17) is 0 Å². The molecule has 0 aliphatic heterocycles. The molecule has 10 heteroatoms. The minimum absolute atomic E-state index is 0.0197. The van der Waals surface area contributed by atoms with Crippen LogP contribution in [0.15, 0.2) is 39.3 Å². The molecule has 2 heterocycles. The zero-order valence-electron chi connectivity index (χ0n) is 13.5. The van der Waals surface area contributed by atoms with Crippen LogP contribution in [0, 0.1) is 11.6 Å². The highest BCUT2D eigenvalue weighted by Crippen LogP contribution is 2.29. The van der Waals surface area contributed by atoms with E-state index in [0.717, 1.165) is 16.8 Å². The summed E-state index contributed by atoms with van der Waals surface area (Å²) in [6.07, 6.45) is 0. The third kappa shape index (κ3) is 4.13. The topological polar surface area (TPSA) is 59.8 Å². The van der Waals surface area contributed by atoms with Crippen molar-refractivity contribution < 1.29 is 13.6 Å². The number of thioether (sulfide) groups is 1. The number of amides is 1. The van der Waals surface area contributed by atoms with Crippen LogP contribution in [0.5, 0.6) is 0 Å². The Hall–Kier alpha value is -1.78. The number of nitrogens with zero attached hydrogens (tertiary/aromatic N) is 3. The van der Waals surface area contributed by atoms with Gasteiger partial charge >= 0.3 is 0 Å². The minimum atomic E-state index is -0.841. The molecule has 0 spiro atoms. The number of benzene rings is 1. The molecule has 26 heavy (non-hydrogen) atoms. The number of nitrogens with one attached hydrogen (secondary N) is 1. The summed E-state index contributed by atoms with van der Waals surface area (Å²) in [4.78, 5) is 13.1. The van der Waals surface area contributed by atoms with Crippen LogP contribution in [0.4, 0.5) is 14.5 Å². The van der Waals surface area contributed by atoms with Crippen molar-refractivity contribution >= 4 is 50.6 Å². The van der Waals surface area contributed by atoms with E-state index in [1.54, 1.807) is 11.3 Å². The van der Waals surface area contributed by atoms with Crippen LogP contribution < -0.4 is 5.32 Å². The Balaban J connectivity index is 1.69. The number of carbonyl (C=O) groups excluding carboxylic acids is 1. The normalized spacial score (nSPS) is 10.9. The van der Waals surface area contributed by atoms with Gasteiger partial charge in [0.05, 0.1) is 16.3 Å². The fraction of sp³-hybridized carbons (Fsp3) is 0.188. The average Bonchev–Trinajstić information content (AvgIpc) is 3.24. The summed E-state index contributed by atoms with van der Waals surface area (Å²) in [6.45, 7) is 2.62. The van der Waals surface area contributed by atoms with E-state index in [1.165, 1.54) is 11.8 Å². The highest BCUT2D eigenvalue weighted by atomic mass is 79.9. The van der Waals surface area contributed by atoms with E-state index in [1.807, 2.05) is 29.0 Å². The lowest BCUT2D eigenvalue weighted by atomic mass is 10.3. The molecule has 1 aromatic carbocycles. The minimum Gasteiger partial charge on any atom is -0.322 e. The average molecular weight is 459 g/mol. The van der Waals surface area contributed by atoms with Crippen LogP contribution >= 0.6 is 39.0 Å². The van der Waals surface area contributed by atoms with Crippen molar-refractivity contribution in [1.29, 1.82) is 0 Å². The summed E-state index contributed by atoms with van der Waals surface area (Å²) < 4.78 is 29.0. The molecule has 0 fully saturated rings. The van der Waals surface area contributed by atoms with E-state index in [2.05, 4.69) is 31.4 Å². The Morgan fingerprint density at radius 1 is 1.38 bits per heavy atom. The maximum absolute atomic E-state index is 13.8. The first-order valence-corrected chi connectivity index (χ1v) is 10.2. The molecule has 0 saturated carbocycles. The highest BCUT2D eigenvalue weighted by Gasteiger charge is 2.17. The Labute approximate surface area is 165 Å². The van der Waals surface area contributed by atoms with Crippen LogP contribution in [0.3, 0.4) is 0 Å². The number of hydrogen-bond donors (Lipinski definition) is 1. The molecule has 1 N–H and O–H groups in total. The summed E-state index contributed by atoms with van der Waals surface area (Å²) in [5.74, 6) is -1.22. The van der Waals surface area contributed by atoms with Gasteiger partial charge in [-0.15, -0.1) is 21.5 Å². The molecular weight excluding hydrogens is 446 g/mol. The Morgan fingerprint density at radius 2 is 2.19 bits per heavy atom. The number of anilines is 1. The smallest absolute Gasteiger partial charge is 0.234 e. The summed E-state index contributed by atoms with van der Waals surface area (Å²) in [5, 5.41) is 13.3. The standard InChI is InChI=1S/C16H13BrF2N4OS2/c1-2-23-15(12-4-3-5-25-12)21-22-16(23)26-8-13(24)20-14-10(17)6-9(18)7-11(14)19/h3-7H,2,8H2,1H3,(H,20,24). The second-order valence-electron chi connectivity index (χ2n) is 5.11. The SMILES string of the molecule is CCn1c(SCC(=O)Nc2c(F)cc(F)cc2Br)nnc1-c1cccs1. The monoisotopic (exact) mass is 458 g/mol. The van der Waals surface area contributed by atoms with Crippen molar-refractivity contribution in [3.8, 4) is 10.7 Å². The third-order valence-electron chi connectivity index (χ3n) is 3.38. The van der Waals surface area contributed by atoms with E-state index in [-0.39, 0.29) is 15.9 Å². The summed E-state index contributed by atoms with van der Waals surface area (Å²) in [6, 6.07) is 5.70. The predicted molar refractivity (Wildman–Crippen MR) is 102 cm³/mol. The first-order chi connectivity index (χ1) is 12.5. The number of halogens is 3. The molecule has 0 radical (unpaired) electrons. The van der Waals surface area contributed by atoms with E-state index in [9.17, 15) is 13.6 Å². The second kappa shape index (κ2) is 8.28. The van der Waals surface area contributed by atoms with Crippen LogP contribution in [-0.2, 0) is 11.3 Å². The Bertz CT molecular complexity index is 907. The highest BCUT2D eigenvalue weighted by molar-refractivity contribution is 9.10. The van der Waals surface area contributed by atoms with Crippen LogP contribution in [-0.4, -0.2) is 26.4 Å². The van der Waals surface area contributed by atoms with Gasteiger partial charge in [-0.25, -0.2) is 8.78 Å². The molecule has 136 valence electrons. The molecule has 0 aliphatic carbocycles. The molecule has 0 bridgehead atoms. The maximum Gasteiger partial charge on any atom is 0.234 e. The summed E-state index contributed by atoms with van der Waals surface area (Å²) in [5.41, 5.74) is -0.0896. The van der Waals surface area contributed by atoms with Crippen molar-refractivity contribution in [3.05, 3.63) is 45.8 Å². The van der Waals surface area contributed by atoms with Crippen molar-refractivity contribution in [2.24, 2.45) is 0 Å². The Morgan fingerprint density at radius 3 is 2.85 bits per heavy atom. The number of thiophene rings is 1. The van der Waals surface area contributed by atoms with Crippen LogP contribution in [0.1, 0.15) is 6.92 Å². The zero-order valence-corrected chi connectivity index (χ0v) is 16.7. The molecule has 3 rings (SSSR count). The van der Waals surface area contributed by atoms with Gasteiger partial charge in [0.2, 0.25) is 5.91 Å². The summed E-state index contributed by atoms with van der Waals surface area (Å²) >= 11 is 5.81. The molecule has 5 nitrogen and oxygen atoms in total. The first kappa shape index (κ1) is 19.0. The molecule has 1 amide bonds. The van der Waals surface area contributed by atoms with Gasteiger partial charge in [-0.2, -0.15) is 0 Å². The Kier molecular flexibility index (Phi) is 6.05. The van der Waals surface area contributed by atoms with Crippen LogP contribution in [0.2, 0.25) is 0 Å². The van der Waals surface area contributed by atoms with Gasteiger partial charge in [0.1, 0.15) is 5.82 Å². The summed E-state index contributed by atoms with van der Waals surface area (Å²) in [7, 11) is 0. The van der Waals surface area contributed by atoms with Crippen molar-refractivity contribution in [3.63, 3.8) is 0 Å². The lowest BCUT2D eigenvalue weighted by molar-refractivity contribution is -0.113. The van der Waals surface area contributed by atoms with E-state index < -0.39 is 17.5 Å². The second-order valence-corrected chi connectivity index (χ2v) is 7.85. The predicted octanol–water partition coefficient (Wildman–Crippen LogP) is 4.80. The van der Waals surface area contributed by atoms with Gasteiger partial charge in [0.25, 0.3) is 0 Å². The molecule has 0 aliphatic rings. The maximum atomic E-state index is 13.8. The van der Waals surface area contributed by atoms with Crippen molar-refractivity contribution in [2.75, 3.05) is 11.1 Å². The fourth-order valence-corrected chi connectivity index (χ4v) is 4.26. The van der Waals surface area contributed by atoms with E-state index in [0.29, 0.717) is 17.8 Å². The number of carbonyl (C=O) groups is 1. The van der Waals surface area contributed by atoms with Gasteiger partial charge in [0, 0.05) is 17.1 Å². The van der Waals surface area contributed by atoms with Gasteiger partial charge < -0.3 is 9.88 Å². The quantitative estimate of drug-likeness (QED) is 0.539. The molecule has 2 aromatic heterocycles. The van der Waals surface area contributed by atoms with Gasteiger partial charge in [-0.1, -0.05) is 17.8 Å². The molecule has 3 aromatic rings. The first-order valence-electron chi connectivity index (χ1n) is 7.54.